The Balaban J connectivity index is 3.26. The van der Waals surface area contributed by atoms with Gasteiger partial charge in [-0.2, -0.15) is 0 Å². The first-order chi connectivity index (χ1) is 6.54. The molecule has 0 aliphatic carbocycles. The third-order valence-electron chi connectivity index (χ3n) is 1.62. The van der Waals surface area contributed by atoms with Gasteiger partial charge in [-0.05, 0) is 26.2 Å². The average molecular weight is 200 g/mol. The van der Waals surface area contributed by atoms with Crippen molar-refractivity contribution < 1.29 is 19.4 Å². The molecule has 0 aliphatic rings. The minimum atomic E-state index is -0.788. The molecular weight excluding hydrogens is 184 g/mol. The van der Waals surface area contributed by atoms with Crippen LogP contribution in [0.5, 0.6) is 0 Å². The highest BCUT2D eigenvalue weighted by Gasteiger charge is 2.02. The summed E-state index contributed by atoms with van der Waals surface area (Å²) in [5, 5.41) is 8.33. The fraction of sp³-hybridized carbons (Fsp3) is 0.600. The molecule has 0 radical (unpaired) electrons. The molecule has 14 heavy (non-hydrogen) atoms. The molecule has 0 aromatic carbocycles. The van der Waals surface area contributed by atoms with E-state index in [9.17, 15) is 9.59 Å². The molecule has 0 aliphatic heterocycles. The molecule has 4 nitrogen and oxygen atoms in total. The molecule has 0 saturated carbocycles. The standard InChI is InChI=1S/C10H16O4/c1-8(2)10(13)14-7-5-3-4-6-9(11)12/h1,3-7H2,2H3,(H,11,12). The van der Waals surface area contributed by atoms with Crippen LogP contribution in [-0.4, -0.2) is 23.7 Å². The number of carboxylic acids is 1. The van der Waals surface area contributed by atoms with Crippen LogP contribution in [0.15, 0.2) is 12.2 Å². The van der Waals surface area contributed by atoms with E-state index in [0.29, 0.717) is 25.0 Å². The Bertz CT molecular complexity index is 220. The highest BCUT2D eigenvalue weighted by molar-refractivity contribution is 5.86. The predicted molar refractivity (Wildman–Crippen MR) is 51.9 cm³/mol. The van der Waals surface area contributed by atoms with E-state index in [1.165, 1.54) is 0 Å². The minimum Gasteiger partial charge on any atom is -0.481 e. The zero-order valence-corrected chi connectivity index (χ0v) is 8.41. The third kappa shape index (κ3) is 7.34. The summed E-state index contributed by atoms with van der Waals surface area (Å²) in [7, 11) is 0. The van der Waals surface area contributed by atoms with Crippen molar-refractivity contribution in [1.82, 2.24) is 0 Å². The van der Waals surface area contributed by atoms with Gasteiger partial charge in [0.1, 0.15) is 0 Å². The molecule has 0 rings (SSSR count). The van der Waals surface area contributed by atoms with Gasteiger partial charge in [-0.3, -0.25) is 4.79 Å². The number of carboxylic acid groups (broad SMARTS) is 1. The van der Waals surface area contributed by atoms with Crippen LogP contribution in [0.3, 0.4) is 0 Å². The van der Waals surface area contributed by atoms with E-state index in [2.05, 4.69) is 6.58 Å². The fourth-order valence-corrected chi connectivity index (χ4v) is 0.843. The van der Waals surface area contributed by atoms with Crippen LogP contribution in [0.2, 0.25) is 0 Å². The van der Waals surface area contributed by atoms with Crippen LogP contribution in [0.25, 0.3) is 0 Å². The van der Waals surface area contributed by atoms with Crippen molar-refractivity contribution in [3.63, 3.8) is 0 Å². The number of esters is 1. The van der Waals surface area contributed by atoms with Crippen LogP contribution in [-0.2, 0) is 14.3 Å². The number of hydrogen-bond acceptors (Lipinski definition) is 3. The molecule has 0 unspecified atom stereocenters. The SMILES string of the molecule is C=C(C)C(=O)OCCCCCC(=O)O. The summed E-state index contributed by atoms with van der Waals surface area (Å²) in [5.74, 6) is -1.17. The van der Waals surface area contributed by atoms with Gasteiger partial charge in [-0.25, -0.2) is 4.79 Å². The van der Waals surface area contributed by atoms with Gasteiger partial charge < -0.3 is 9.84 Å². The molecule has 0 aromatic heterocycles. The molecule has 80 valence electrons. The lowest BCUT2D eigenvalue weighted by Gasteiger charge is -2.03. The van der Waals surface area contributed by atoms with Crippen LogP contribution in [0.1, 0.15) is 32.6 Å². The van der Waals surface area contributed by atoms with E-state index in [1.807, 2.05) is 0 Å². The molecule has 0 fully saturated rings. The molecule has 1 N–H and O–H groups in total. The van der Waals surface area contributed by atoms with Crippen molar-refractivity contribution in [3.05, 3.63) is 12.2 Å². The number of aliphatic carboxylic acids is 1. The lowest BCUT2D eigenvalue weighted by molar-refractivity contribution is -0.139. The van der Waals surface area contributed by atoms with Crippen LogP contribution in [0, 0.1) is 0 Å². The Morgan fingerprint density at radius 1 is 1.29 bits per heavy atom. The second-order valence-electron chi connectivity index (χ2n) is 3.12. The molecule has 0 atom stereocenters. The van der Waals surface area contributed by atoms with E-state index in [0.717, 1.165) is 6.42 Å². The number of unbranched alkanes of at least 4 members (excludes halogenated alkanes) is 2. The van der Waals surface area contributed by atoms with Gasteiger partial charge in [-0.15, -0.1) is 0 Å². The van der Waals surface area contributed by atoms with Crippen LogP contribution in [0.4, 0.5) is 0 Å². The Hall–Kier alpha value is -1.32. The number of hydrogen-bond donors (Lipinski definition) is 1. The van der Waals surface area contributed by atoms with Gasteiger partial charge in [0.05, 0.1) is 6.61 Å². The first-order valence-electron chi connectivity index (χ1n) is 4.58. The number of ether oxygens (including phenoxy) is 1. The summed E-state index contributed by atoms with van der Waals surface area (Å²) >= 11 is 0. The van der Waals surface area contributed by atoms with E-state index < -0.39 is 5.97 Å². The van der Waals surface area contributed by atoms with Crippen LogP contribution < -0.4 is 0 Å². The Labute approximate surface area is 83.6 Å². The maximum atomic E-state index is 10.9. The largest absolute Gasteiger partial charge is 0.481 e. The van der Waals surface area contributed by atoms with E-state index in [-0.39, 0.29) is 12.4 Å². The zero-order valence-electron chi connectivity index (χ0n) is 8.41. The van der Waals surface area contributed by atoms with Gasteiger partial charge in [-0.1, -0.05) is 6.58 Å². The summed E-state index contributed by atoms with van der Waals surface area (Å²) < 4.78 is 4.82. The lowest BCUT2D eigenvalue weighted by atomic mass is 10.2. The predicted octanol–water partition coefficient (Wildman–Crippen LogP) is 1.75. The van der Waals surface area contributed by atoms with Crippen molar-refractivity contribution in [1.29, 1.82) is 0 Å². The van der Waals surface area contributed by atoms with Crippen molar-refractivity contribution >= 4 is 11.9 Å². The molecule has 0 saturated heterocycles. The van der Waals surface area contributed by atoms with E-state index in [1.54, 1.807) is 6.92 Å². The highest BCUT2D eigenvalue weighted by atomic mass is 16.5. The smallest absolute Gasteiger partial charge is 0.333 e. The Morgan fingerprint density at radius 2 is 1.93 bits per heavy atom. The summed E-state index contributed by atoms with van der Waals surface area (Å²) in [5.41, 5.74) is 0.385. The summed E-state index contributed by atoms with van der Waals surface area (Å²) in [6.45, 7) is 5.37. The summed E-state index contributed by atoms with van der Waals surface area (Å²) in [4.78, 5) is 21.0. The van der Waals surface area contributed by atoms with Gasteiger partial charge in [0, 0.05) is 12.0 Å². The van der Waals surface area contributed by atoms with Crippen LogP contribution >= 0.6 is 0 Å². The van der Waals surface area contributed by atoms with Gasteiger partial charge in [0.2, 0.25) is 0 Å². The van der Waals surface area contributed by atoms with E-state index in [4.69, 9.17) is 9.84 Å². The second-order valence-corrected chi connectivity index (χ2v) is 3.12. The van der Waals surface area contributed by atoms with Crippen molar-refractivity contribution in [2.45, 2.75) is 32.6 Å². The van der Waals surface area contributed by atoms with Gasteiger partial charge >= 0.3 is 11.9 Å². The molecule has 0 amide bonds. The molecule has 0 heterocycles. The van der Waals surface area contributed by atoms with Gasteiger partial charge in [0.15, 0.2) is 0 Å². The normalized spacial score (nSPS) is 9.50. The second kappa shape index (κ2) is 7.12. The number of carbonyl (C=O) groups is 2. The molecule has 0 spiro atoms. The molecule has 4 heteroatoms. The lowest BCUT2D eigenvalue weighted by Crippen LogP contribution is -2.06. The summed E-state index contributed by atoms with van der Waals surface area (Å²) in [6, 6.07) is 0. The average Bonchev–Trinajstić information content (AvgIpc) is 2.09. The maximum absolute atomic E-state index is 10.9. The number of rotatable bonds is 7. The quantitative estimate of drug-likeness (QED) is 0.386. The first-order valence-corrected chi connectivity index (χ1v) is 4.58. The van der Waals surface area contributed by atoms with Gasteiger partial charge in [0.25, 0.3) is 0 Å². The topological polar surface area (TPSA) is 63.6 Å². The monoisotopic (exact) mass is 200 g/mol. The Kier molecular flexibility index (Phi) is 6.45. The highest BCUT2D eigenvalue weighted by Crippen LogP contribution is 2.01. The fourth-order valence-electron chi connectivity index (χ4n) is 0.843. The summed E-state index contributed by atoms with van der Waals surface area (Å²) in [6.07, 6.45) is 2.26. The van der Waals surface area contributed by atoms with Crippen molar-refractivity contribution in [3.8, 4) is 0 Å². The minimum absolute atomic E-state index is 0.175. The van der Waals surface area contributed by atoms with Crippen molar-refractivity contribution in [2.24, 2.45) is 0 Å². The number of carbonyl (C=O) groups excluding carboxylic acids is 1. The molecule has 0 aromatic rings. The maximum Gasteiger partial charge on any atom is 0.333 e. The zero-order chi connectivity index (χ0) is 11.0. The third-order valence-corrected chi connectivity index (χ3v) is 1.62. The Morgan fingerprint density at radius 3 is 2.43 bits per heavy atom. The molecular formula is C10H16O4. The first kappa shape index (κ1) is 12.7. The molecule has 0 bridgehead atoms. The van der Waals surface area contributed by atoms with Crippen molar-refractivity contribution in [2.75, 3.05) is 6.61 Å². The van der Waals surface area contributed by atoms with E-state index >= 15 is 0 Å².